The topological polar surface area (TPSA) is 82.6 Å². The van der Waals surface area contributed by atoms with Crippen molar-refractivity contribution in [1.29, 1.82) is 0 Å². The Bertz CT molecular complexity index is 896. The van der Waals surface area contributed by atoms with Crippen molar-refractivity contribution in [1.82, 2.24) is 15.4 Å². The van der Waals surface area contributed by atoms with Gasteiger partial charge >= 0.3 is 0 Å². The minimum atomic E-state index is -3.28. The second kappa shape index (κ2) is 9.48. The second-order valence-corrected chi connectivity index (χ2v) is 8.07. The summed E-state index contributed by atoms with van der Waals surface area (Å²) in [5.74, 6) is 0.323. The zero-order valence-electron chi connectivity index (χ0n) is 15.7. The SMILES string of the molecule is CN=C(NCc1ccc(CS(=O)(=O)NC)cc1)NCc1ccc(C)c(F)c1. The number of nitrogens with one attached hydrogen (secondary N) is 3. The molecule has 0 fully saturated rings. The maximum Gasteiger partial charge on any atom is 0.215 e. The third kappa shape index (κ3) is 6.65. The molecule has 3 N–H and O–H groups in total. The van der Waals surface area contributed by atoms with E-state index in [9.17, 15) is 12.8 Å². The van der Waals surface area contributed by atoms with Gasteiger partial charge in [-0.05, 0) is 42.3 Å². The Morgan fingerprint density at radius 1 is 1.00 bits per heavy atom. The lowest BCUT2D eigenvalue weighted by Gasteiger charge is -2.13. The Morgan fingerprint density at radius 2 is 1.56 bits per heavy atom. The van der Waals surface area contributed by atoms with Crippen molar-refractivity contribution in [3.8, 4) is 0 Å². The number of hydrogen-bond donors (Lipinski definition) is 3. The monoisotopic (exact) mass is 392 g/mol. The van der Waals surface area contributed by atoms with Crippen LogP contribution in [-0.2, 0) is 28.9 Å². The van der Waals surface area contributed by atoms with Crippen LogP contribution in [-0.4, -0.2) is 28.5 Å². The highest BCUT2D eigenvalue weighted by molar-refractivity contribution is 7.88. The van der Waals surface area contributed by atoms with E-state index in [0.717, 1.165) is 16.7 Å². The number of halogens is 1. The molecule has 0 saturated carbocycles. The van der Waals surface area contributed by atoms with E-state index in [4.69, 9.17) is 0 Å². The number of hydrogen-bond acceptors (Lipinski definition) is 3. The Hall–Kier alpha value is -2.45. The van der Waals surface area contributed by atoms with Crippen LogP contribution in [0, 0.1) is 12.7 Å². The average Bonchev–Trinajstić information content (AvgIpc) is 2.65. The number of rotatable bonds is 7. The van der Waals surface area contributed by atoms with E-state index in [2.05, 4.69) is 20.3 Å². The molecule has 0 bridgehead atoms. The van der Waals surface area contributed by atoms with Crippen molar-refractivity contribution >= 4 is 16.0 Å². The fraction of sp³-hybridized carbons (Fsp3) is 0.316. The quantitative estimate of drug-likeness (QED) is 0.498. The van der Waals surface area contributed by atoms with Crippen LogP contribution in [0.15, 0.2) is 47.5 Å². The van der Waals surface area contributed by atoms with Crippen LogP contribution in [0.3, 0.4) is 0 Å². The van der Waals surface area contributed by atoms with Gasteiger partial charge in [0.2, 0.25) is 10.0 Å². The normalized spacial score (nSPS) is 12.1. The van der Waals surface area contributed by atoms with Crippen LogP contribution in [0.5, 0.6) is 0 Å². The minimum absolute atomic E-state index is 0.0481. The number of aryl methyl sites for hydroxylation is 1. The van der Waals surface area contributed by atoms with Gasteiger partial charge in [-0.3, -0.25) is 4.99 Å². The zero-order valence-corrected chi connectivity index (χ0v) is 16.5. The summed E-state index contributed by atoms with van der Waals surface area (Å²) in [7, 11) is -0.213. The van der Waals surface area contributed by atoms with E-state index >= 15 is 0 Å². The Morgan fingerprint density at radius 3 is 2.11 bits per heavy atom. The van der Waals surface area contributed by atoms with Crippen LogP contribution < -0.4 is 15.4 Å². The third-order valence-electron chi connectivity index (χ3n) is 4.07. The molecule has 0 heterocycles. The molecule has 0 aliphatic carbocycles. The van der Waals surface area contributed by atoms with Gasteiger partial charge in [-0.25, -0.2) is 17.5 Å². The summed E-state index contributed by atoms with van der Waals surface area (Å²) in [5, 5.41) is 6.31. The van der Waals surface area contributed by atoms with Gasteiger partial charge in [0.05, 0.1) is 5.75 Å². The lowest BCUT2D eigenvalue weighted by atomic mass is 10.1. The molecule has 0 spiro atoms. The van der Waals surface area contributed by atoms with Crippen LogP contribution in [0.4, 0.5) is 4.39 Å². The van der Waals surface area contributed by atoms with Gasteiger partial charge in [-0.1, -0.05) is 36.4 Å². The second-order valence-electron chi connectivity index (χ2n) is 6.14. The molecule has 0 aromatic heterocycles. The predicted octanol–water partition coefficient (Wildman–Crippen LogP) is 2.05. The van der Waals surface area contributed by atoms with Gasteiger partial charge in [0.1, 0.15) is 5.82 Å². The van der Waals surface area contributed by atoms with Gasteiger partial charge in [0.15, 0.2) is 5.96 Å². The fourth-order valence-corrected chi connectivity index (χ4v) is 3.16. The molecular weight excluding hydrogens is 367 g/mol. The van der Waals surface area contributed by atoms with Crippen molar-refractivity contribution in [2.24, 2.45) is 4.99 Å². The van der Waals surface area contributed by atoms with E-state index < -0.39 is 10.0 Å². The van der Waals surface area contributed by atoms with Crippen LogP contribution in [0.2, 0.25) is 0 Å². The molecule has 27 heavy (non-hydrogen) atoms. The van der Waals surface area contributed by atoms with E-state index in [1.807, 2.05) is 18.2 Å². The molecular formula is C19H25FN4O2S. The first-order valence-corrected chi connectivity index (χ1v) is 10.2. The summed E-state index contributed by atoms with van der Waals surface area (Å²) in [6.07, 6.45) is 0. The first-order valence-electron chi connectivity index (χ1n) is 8.51. The van der Waals surface area contributed by atoms with Gasteiger partial charge in [0, 0.05) is 20.1 Å². The van der Waals surface area contributed by atoms with Gasteiger partial charge in [-0.15, -0.1) is 0 Å². The standard InChI is InChI=1S/C19H25FN4O2S/c1-14-4-5-17(10-18(14)20)12-24-19(21-2)23-11-15-6-8-16(9-7-15)13-27(25,26)22-3/h4-10,22H,11-13H2,1-3H3,(H2,21,23,24). The number of aliphatic imine (C=N–C) groups is 1. The molecule has 0 atom stereocenters. The maximum atomic E-state index is 13.6. The van der Waals surface area contributed by atoms with Crippen LogP contribution in [0.25, 0.3) is 0 Å². The predicted molar refractivity (Wildman–Crippen MR) is 106 cm³/mol. The highest BCUT2D eigenvalue weighted by atomic mass is 32.2. The molecule has 0 radical (unpaired) electrons. The molecule has 2 aromatic carbocycles. The lowest BCUT2D eigenvalue weighted by Crippen LogP contribution is -2.36. The molecule has 0 unspecified atom stereocenters. The zero-order chi connectivity index (χ0) is 19.9. The van der Waals surface area contributed by atoms with Crippen molar-refractivity contribution in [3.05, 3.63) is 70.5 Å². The highest BCUT2D eigenvalue weighted by Gasteiger charge is 2.08. The van der Waals surface area contributed by atoms with Crippen LogP contribution in [0.1, 0.15) is 22.3 Å². The molecule has 0 aliphatic heterocycles. The van der Waals surface area contributed by atoms with Crippen molar-refractivity contribution in [2.75, 3.05) is 14.1 Å². The highest BCUT2D eigenvalue weighted by Crippen LogP contribution is 2.09. The summed E-state index contributed by atoms with van der Waals surface area (Å²) in [6, 6.07) is 12.4. The van der Waals surface area contributed by atoms with Crippen molar-refractivity contribution in [3.63, 3.8) is 0 Å². The molecule has 0 amide bonds. The lowest BCUT2D eigenvalue weighted by molar-refractivity contribution is 0.587. The summed E-state index contributed by atoms with van der Waals surface area (Å²) >= 11 is 0. The molecule has 8 heteroatoms. The van der Waals surface area contributed by atoms with E-state index in [1.165, 1.54) is 13.1 Å². The van der Waals surface area contributed by atoms with Crippen LogP contribution >= 0.6 is 0 Å². The molecule has 6 nitrogen and oxygen atoms in total. The van der Waals surface area contributed by atoms with Crippen molar-refractivity contribution in [2.45, 2.75) is 25.8 Å². The van der Waals surface area contributed by atoms with E-state index in [-0.39, 0.29) is 11.6 Å². The smallest absolute Gasteiger partial charge is 0.215 e. The molecule has 0 saturated heterocycles. The third-order valence-corrected chi connectivity index (χ3v) is 5.41. The average molecular weight is 393 g/mol. The summed E-state index contributed by atoms with van der Waals surface area (Å²) in [4.78, 5) is 4.15. The van der Waals surface area contributed by atoms with Crippen molar-refractivity contribution < 1.29 is 12.8 Å². The fourth-order valence-electron chi connectivity index (χ4n) is 2.38. The van der Waals surface area contributed by atoms with Gasteiger partial charge in [-0.2, -0.15) is 0 Å². The molecule has 0 aliphatic rings. The number of sulfonamides is 1. The first kappa shape index (κ1) is 20.9. The Labute approximate surface area is 160 Å². The molecule has 2 aromatic rings. The molecule has 146 valence electrons. The Balaban J connectivity index is 1.87. The number of guanidine groups is 1. The van der Waals surface area contributed by atoms with Gasteiger partial charge < -0.3 is 10.6 Å². The number of nitrogens with zero attached hydrogens (tertiary/aromatic N) is 1. The van der Waals surface area contributed by atoms with E-state index in [1.54, 1.807) is 32.2 Å². The molecule has 2 rings (SSSR count). The maximum absolute atomic E-state index is 13.6. The summed E-state index contributed by atoms with van der Waals surface area (Å²) in [5.41, 5.74) is 3.16. The Kier molecular flexibility index (Phi) is 7.32. The van der Waals surface area contributed by atoms with Gasteiger partial charge in [0.25, 0.3) is 0 Å². The minimum Gasteiger partial charge on any atom is -0.352 e. The first-order chi connectivity index (χ1) is 12.8. The summed E-state index contributed by atoms with van der Waals surface area (Å²) < 4.78 is 39.0. The number of benzene rings is 2. The van der Waals surface area contributed by atoms with E-state index in [0.29, 0.717) is 24.6 Å². The summed E-state index contributed by atoms with van der Waals surface area (Å²) in [6.45, 7) is 2.71. The largest absolute Gasteiger partial charge is 0.352 e.